The van der Waals surface area contributed by atoms with Gasteiger partial charge in [0.1, 0.15) is 5.82 Å². The maximum absolute atomic E-state index is 12.8. The third-order valence-corrected chi connectivity index (χ3v) is 5.49. The van der Waals surface area contributed by atoms with Gasteiger partial charge in [-0.05, 0) is 24.8 Å². The van der Waals surface area contributed by atoms with E-state index in [1.165, 1.54) is 24.8 Å². The highest BCUT2D eigenvalue weighted by Crippen LogP contribution is 2.48. The molecule has 1 aromatic carbocycles. The van der Waals surface area contributed by atoms with Crippen LogP contribution in [0.5, 0.6) is 0 Å². The second-order valence-electron chi connectivity index (χ2n) is 6.54. The molecule has 2 aliphatic carbocycles. The Morgan fingerprint density at radius 2 is 1.95 bits per heavy atom. The first-order valence-electron chi connectivity index (χ1n) is 8.01. The number of nitrogens with zero attached hydrogens (tertiary/aromatic N) is 1. The summed E-state index contributed by atoms with van der Waals surface area (Å²) in [6.07, 6.45) is 6.78. The van der Waals surface area contributed by atoms with Gasteiger partial charge in [-0.3, -0.25) is 4.79 Å². The summed E-state index contributed by atoms with van der Waals surface area (Å²) in [5, 5.41) is 0. The number of halogens is 1. The number of H-pyrrole nitrogens is 1. The van der Waals surface area contributed by atoms with Gasteiger partial charge in [-0.1, -0.05) is 43.5 Å². The summed E-state index contributed by atoms with van der Waals surface area (Å²) in [6.45, 7) is 0. The second kappa shape index (κ2) is 5.24. The van der Waals surface area contributed by atoms with Crippen molar-refractivity contribution in [3.05, 3.63) is 51.6 Å². The van der Waals surface area contributed by atoms with Crippen LogP contribution in [0.4, 0.5) is 0 Å². The van der Waals surface area contributed by atoms with Crippen LogP contribution >= 0.6 is 11.6 Å². The van der Waals surface area contributed by atoms with Crippen molar-refractivity contribution in [2.24, 2.45) is 0 Å². The summed E-state index contributed by atoms with van der Waals surface area (Å²) in [5.74, 6) is 0.797. The van der Waals surface area contributed by atoms with Crippen molar-refractivity contribution in [1.29, 1.82) is 0 Å². The molecule has 0 aliphatic heterocycles. The Kier molecular flexibility index (Phi) is 3.33. The lowest BCUT2D eigenvalue weighted by atomic mass is 9.62. The lowest BCUT2D eigenvalue weighted by Gasteiger charge is -2.41. The van der Waals surface area contributed by atoms with Crippen LogP contribution in [0.1, 0.15) is 49.1 Å². The highest BCUT2D eigenvalue weighted by molar-refractivity contribution is 6.16. The molecule has 1 N–H and O–H groups in total. The summed E-state index contributed by atoms with van der Waals surface area (Å²) in [6, 6.07) is 8.35. The van der Waals surface area contributed by atoms with E-state index in [9.17, 15) is 4.79 Å². The van der Waals surface area contributed by atoms with Crippen LogP contribution in [0.15, 0.2) is 29.1 Å². The summed E-state index contributed by atoms with van der Waals surface area (Å²) in [4.78, 5) is 20.4. The summed E-state index contributed by atoms with van der Waals surface area (Å²) >= 11 is 5.91. The average molecular weight is 315 g/mol. The Hall–Kier alpha value is -1.61. The van der Waals surface area contributed by atoms with Gasteiger partial charge in [-0.2, -0.15) is 0 Å². The lowest BCUT2D eigenvalue weighted by Crippen LogP contribution is -2.41. The van der Waals surface area contributed by atoms with E-state index in [4.69, 9.17) is 16.6 Å². The molecule has 0 atom stereocenters. The highest BCUT2D eigenvalue weighted by Gasteiger charge is 2.42. The number of aromatic nitrogens is 2. The molecule has 1 saturated carbocycles. The van der Waals surface area contributed by atoms with E-state index < -0.39 is 0 Å². The molecule has 0 bridgehead atoms. The number of aromatic amines is 1. The van der Waals surface area contributed by atoms with Gasteiger partial charge in [0, 0.05) is 11.0 Å². The monoisotopic (exact) mass is 314 g/mol. The van der Waals surface area contributed by atoms with Crippen molar-refractivity contribution >= 4 is 11.6 Å². The molecular formula is C18H19ClN2O. The Bertz CT molecular complexity index is 775. The maximum atomic E-state index is 12.8. The van der Waals surface area contributed by atoms with Crippen molar-refractivity contribution in [2.75, 3.05) is 0 Å². The third kappa shape index (κ3) is 2.03. The first kappa shape index (κ1) is 14.0. The minimum atomic E-state index is -0.0344. The Labute approximate surface area is 134 Å². The quantitative estimate of drug-likeness (QED) is 0.811. The zero-order valence-corrected chi connectivity index (χ0v) is 13.2. The van der Waals surface area contributed by atoms with Crippen LogP contribution < -0.4 is 5.56 Å². The number of alkyl halides is 1. The van der Waals surface area contributed by atoms with Gasteiger partial charge in [0.05, 0.1) is 17.1 Å². The van der Waals surface area contributed by atoms with Gasteiger partial charge < -0.3 is 4.98 Å². The minimum Gasteiger partial charge on any atom is -0.309 e. The SMILES string of the molecule is O=c1[nH]c(CCl)nc2c1C1(CCCCC1)Cc1ccccc1-2. The Morgan fingerprint density at radius 3 is 2.73 bits per heavy atom. The largest absolute Gasteiger partial charge is 0.309 e. The molecule has 1 heterocycles. The van der Waals surface area contributed by atoms with Crippen molar-refractivity contribution in [2.45, 2.75) is 49.8 Å². The first-order chi connectivity index (χ1) is 10.7. The van der Waals surface area contributed by atoms with Gasteiger partial charge >= 0.3 is 0 Å². The van der Waals surface area contributed by atoms with Gasteiger partial charge in [-0.15, -0.1) is 11.6 Å². The van der Waals surface area contributed by atoms with Crippen LogP contribution in [0.3, 0.4) is 0 Å². The number of hydrogen-bond acceptors (Lipinski definition) is 2. The van der Waals surface area contributed by atoms with E-state index in [-0.39, 0.29) is 16.9 Å². The summed E-state index contributed by atoms with van der Waals surface area (Å²) < 4.78 is 0. The molecule has 4 rings (SSSR count). The average Bonchev–Trinajstić information content (AvgIpc) is 2.55. The van der Waals surface area contributed by atoms with Crippen molar-refractivity contribution < 1.29 is 0 Å². The molecular weight excluding hydrogens is 296 g/mol. The molecule has 3 nitrogen and oxygen atoms in total. The standard InChI is InChI=1S/C18H19ClN2O/c19-11-14-20-16-13-7-3-2-6-12(13)10-18(8-4-1-5-9-18)15(16)17(22)21-14/h2-3,6-7H,1,4-5,8-11H2,(H,20,21,22). The topological polar surface area (TPSA) is 45.8 Å². The van der Waals surface area contributed by atoms with E-state index in [1.807, 2.05) is 6.07 Å². The van der Waals surface area contributed by atoms with Crippen LogP contribution in [0.25, 0.3) is 11.3 Å². The van der Waals surface area contributed by atoms with E-state index in [2.05, 4.69) is 23.2 Å². The molecule has 0 saturated heterocycles. The molecule has 1 fully saturated rings. The van der Waals surface area contributed by atoms with Gasteiger partial charge in [0.15, 0.2) is 0 Å². The van der Waals surface area contributed by atoms with Crippen LogP contribution in [0.2, 0.25) is 0 Å². The van der Waals surface area contributed by atoms with Crippen molar-refractivity contribution in [3.63, 3.8) is 0 Å². The predicted octanol–water partition coefficient (Wildman–Crippen LogP) is 3.93. The normalized spacial score (nSPS) is 18.8. The van der Waals surface area contributed by atoms with Crippen molar-refractivity contribution in [1.82, 2.24) is 9.97 Å². The third-order valence-electron chi connectivity index (χ3n) is 5.24. The number of rotatable bonds is 1. The highest BCUT2D eigenvalue weighted by atomic mass is 35.5. The zero-order valence-electron chi connectivity index (χ0n) is 12.5. The van der Waals surface area contributed by atoms with E-state index in [0.29, 0.717) is 5.82 Å². The Balaban J connectivity index is 2.02. The Morgan fingerprint density at radius 1 is 1.18 bits per heavy atom. The fourth-order valence-corrected chi connectivity index (χ4v) is 4.41. The number of fused-ring (bicyclic) bond motifs is 4. The molecule has 4 heteroatoms. The summed E-state index contributed by atoms with van der Waals surface area (Å²) in [5.41, 5.74) is 4.16. The molecule has 1 aromatic heterocycles. The first-order valence-corrected chi connectivity index (χ1v) is 8.55. The molecule has 2 aliphatic rings. The van der Waals surface area contributed by atoms with Crippen molar-refractivity contribution in [3.8, 4) is 11.3 Å². The zero-order chi connectivity index (χ0) is 15.2. The number of benzene rings is 1. The number of nitrogens with one attached hydrogen (secondary N) is 1. The lowest BCUT2D eigenvalue weighted by molar-refractivity contribution is 0.285. The predicted molar refractivity (Wildman–Crippen MR) is 88.3 cm³/mol. The molecule has 0 radical (unpaired) electrons. The van der Waals surface area contributed by atoms with Gasteiger partial charge in [0.25, 0.3) is 5.56 Å². The molecule has 2 aromatic rings. The van der Waals surface area contributed by atoms with Gasteiger partial charge in [0.2, 0.25) is 0 Å². The molecule has 0 amide bonds. The molecule has 1 spiro atoms. The molecule has 22 heavy (non-hydrogen) atoms. The van der Waals surface area contributed by atoms with Gasteiger partial charge in [-0.25, -0.2) is 4.98 Å². The smallest absolute Gasteiger partial charge is 0.255 e. The van der Waals surface area contributed by atoms with E-state index in [0.717, 1.165) is 36.1 Å². The van der Waals surface area contributed by atoms with E-state index in [1.54, 1.807) is 0 Å². The minimum absolute atomic E-state index is 0.0112. The van der Waals surface area contributed by atoms with E-state index >= 15 is 0 Å². The van der Waals surface area contributed by atoms with Crippen LogP contribution in [-0.4, -0.2) is 9.97 Å². The molecule has 114 valence electrons. The molecule has 0 unspecified atom stereocenters. The fraction of sp³-hybridized carbons (Fsp3) is 0.444. The van der Waals surface area contributed by atoms with Crippen LogP contribution in [-0.2, 0) is 17.7 Å². The summed E-state index contributed by atoms with van der Waals surface area (Å²) in [7, 11) is 0. The van der Waals surface area contributed by atoms with Crippen LogP contribution in [0, 0.1) is 0 Å². The number of hydrogen-bond donors (Lipinski definition) is 1. The maximum Gasteiger partial charge on any atom is 0.255 e. The second-order valence-corrected chi connectivity index (χ2v) is 6.81. The fourth-order valence-electron chi connectivity index (χ4n) is 4.28.